The number of aryl methyl sites for hydroxylation is 1. The molecule has 2 aliphatic rings. The zero-order valence-electron chi connectivity index (χ0n) is 22.7. The van der Waals surface area contributed by atoms with Gasteiger partial charge in [-0.05, 0) is 48.7 Å². The minimum absolute atomic E-state index is 0.0361. The lowest BCUT2D eigenvalue weighted by molar-refractivity contribution is -0.148. The van der Waals surface area contributed by atoms with Crippen molar-refractivity contribution in [3.05, 3.63) is 70.4 Å². The van der Waals surface area contributed by atoms with Crippen LogP contribution in [0.5, 0.6) is 0 Å². The quantitative estimate of drug-likeness (QED) is 0.298. The van der Waals surface area contributed by atoms with Crippen molar-refractivity contribution in [2.45, 2.75) is 44.5 Å². The van der Waals surface area contributed by atoms with Crippen LogP contribution in [-0.4, -0.2) is 70.9 Å². The molecule has 0 aliphatic carbocycles. The molecule has 2 aliphatic heterocycles. The zero-order valence-corrected chi connectivity index (χ0v) is 23.5. The van der Waals surface area contributed by atoms with Gasteiger partial charge in [-0.3, -0.25) is 29.4 Å². The minimum atomic E-state index is -1.44. The Balaban J connectivity index is 1.50. The van der Waals surface area contributed by atoms with Gasteiger partial charge in [0.2, 0.25) is 17.7 Å². The van der Waals surface area contributed by atoms with E-state index in [2.05, 4.69) is 21.3 Å². The standard InChI is InChI=1S/C28H31ClN6O6/c1-15-7-8-18(12-19(15)29)31-28(41)32-20(13-24(37)34(2)3)16-5-4-6-17(11-16)30-21-14-25(38)35(27(21)40)22-9-10-23(36)33-26(22)39/h4-8,11-12,14,20,22,27,30,40H,9-10,13H2,1-3H3,(H2,31,32,41)(H,33,36,39). The predicted octanol–water partition coefficient (Wildman–Crippen LogP) is 2.25. The first-order valence-corrected chi connectivity index (χ1v) is 13.3. The summed E-state index contributed by atoms with van der Waals surface area (Å²) in [7, 11) is 3.23. The van der Waals surface area contributed by atoms with Crippen LogP contribution in [0.15, 0.2) is 54.2 Å². The second-order valence-corrected chi connectivity index (χ2v) is 10.5. The van der Waals surface area contributed by atoms with E-state index in [1.54, 1.807) is 56.6 Å². The van der Waals surface area contributed by atoms with Crippen molar-refractivity contribution in [3.63, 3.8) is 0 Å². The van der Waals surface area contributed by atoms with Crippen molar-refractivity contribution in [1.29, 1.82) is 0 Å². The Morgan fingerprint density at radius 1 is 1.15 bits per heavy atom. The van der Waals surface area contributed by atoms with E-state index in [-0.39, 0.29) is 30.9 Å². The Kier molecular flexibility index (Phi) is 8.94. The molecule has 2 heterocycles. The van der Waals surface area contributed by atoms with E-state index in [1.807, 2.05) is 6.92 Å². The monoisotopic (exact) mass is 582 g/mol. The van der Waals surface area contributed by atoms with Crippen molar-refractivity contribution in [3.8, 4) is 0 Å². The highest BCUT2D eigenvalue weighted by Crippen LogP contribution is 2.28. The lowest BCUT2D eigenvalue weighted by atomic mass is 10.0. The molecular weight excluding hydrogens is 552 g/mol. The molecule has 3 atom stereocenters. The molecule has 4 rings (SSSR count). The largest absolute Gasteiger partial charge is 0.368 e. The number of benzene rings is 2. The second-order valence-electron chi connectivity index (χ2n) is 10.0. The third-order valence-electron chi connectivity index (χ3n) is 6.81. The SMILES string of the molecule is Cc1ccc(NC(=O)NC(CC(=O)N(C)C)c2cccc(NC3=CC(=O)N(C4CCC(=O)NC4=O)C3O)c2)cc1Cl. The molecule has 5 N–H and O–H groups in total. The maximum Gasteiger partial charge on any atom is 0.319 e. The molecule has 2 aromatic carbocycles. The van der Waals surface area contributed by atoms with Crippen molar-refractivity contribution >= 4 is 52.6 Å². The van der Waals surface area contributed by atoms with Gasteiger partial charge in [0.05, 0.1) is 18.2 Å². The lowest BCUT2D eigenvalue weighted by Crippen LogP contribution is -2.55. The number of aliphatic hydroxyl groups excluding tert-OH is 1. The van der Waals surface area contributed by atoms with Crippen LogP contribution in [0.1, 0.15) is 36.4 Å². The fourth-order valence-corrected chi connectivity index (χ4v) is 4.71. The molecule has 0 saturated carbocycles. The average Bonchev–Trinajstić information content (AvgIpc) is 3.18. The summed E-state index contributed by atoms with van der Waals surface area (Å²) >= 11 is 6.17. The summed E-state index contributed by atoms with van der Waals surface area (Å²) in [5.74, 6) is -1.86. The first kappa shape index (κ1) is 29.6. The maximum absolute atomic E-state index is 12.9. The van der Waals surface area contributed by atoms with Crippen LogP contribution >= 0.6 is 11.6 Å². The van der Waals surface area contributed by atoms with Crippen molar-refractivity contribution in [2.24, 2.45) is 0 Å². The van der Waals surface area contributed by atoms with E-state index in [0.29, 0.717) is 22.0 Å². The first-order valence-electron chi connectivity index (χ1n) is 12.9. The number of halogens is 1. The number of hydrogen-bond donors (Lipinski definition) is 5. The Morgan fingerprint density at radius 2 is 1.90 bits per heavy atom. The summed E-state index contributed by atoms with van der Waals surface area (Å²) in [4.78, 5) is 64.4. The van der Waals surface area contributed by atoms with Gasteiger partial charge in [-0.25, -0.2) is 4.79 Å². The Labute approximate surface area is 241 Å². The summed E-state index contributed by atoms with van der Waals surface area (Å²) in [6, 6.07) is 9.68. The molecule has 13 heteroatoms. The van der Waals surface area contributed by atoms with Gasteiger partial charge in [-0.1, -0.05) is 29.8 Å². The number of carbonyl (C=O) groups excluding carboxylic acids is 5. The molecular formula is C28H31ClN6O6. The fourth-order valence-electron chi connectivity index (χ4n) is 4.53. The highest BCUT2D eigenvalue weighted by molar-refractivity contribution is 6.31. The third-order valence-corrected chi connectivity index (χ3v) is 7.22. The number of anilines is 2. The molecule has 0 bridgehead atoms. The summed E-state index contributed by atoms with van der Waals surface area (Å²) in [6.45, 7) is 1.85. The molecule has 12 nitrogen and oxygen atoms in total. The van der Waals surface area contributed by atoms with Crippen LogP contribution in [0.3, 0.4) is 0 Å². The van der Waals surface area contributed by atoms with Gasteiger partial charge in [-0.15, -0.1) is 0 Å². The molecule has 0 radical (unpaired) electrons. The van der Waals surface area contributed by atoms with Gasteiger partial charge in [0.25, 0.3) is 5.91 Å². The van der Waals surface area contributed by atoms with Gasteiger partial charge in [0, 0.05) is 43.0 Å². The van der Waals surface area contributed by atoms with Crippen LogP contribution in [0.25, 0.3) is 0 Å². The number of amides is 6. The number of hydrogen-bond acceptors (Lipinski definition) is 7. The summed E-state index contributed by atoms with van der Waals surface area (Å²) in [5.41, 5.74) is 2.54. The fraction of sp³-hybridized carbons (Fsp3) is 0.321. The molecule has 3 unspecified atom stereocenters. The molecule has 216 valence electrons. The molecule has 6 amide bonds. The molecule has 2 aromatic rings. The van der Waals surface area contributed by atoms with E-state index < -0.39 is 42.1 Å². The third kappa shape index (κ3) is 7.02. The van der Waals surface area contributed by atoms with Crippen molar-refractivity contribution in [2.75, 3.05) is 24.7 Å². The van der Waals surface area contributed by atoms with E-state index in [4.69, 9.17) is 11.6 Å². The smallest absolute Gasteiger partial charge is 0.319 e. The number of rotatable bonds is 8. The van der Waals surface area contributed by atoms with E-state index in [0.717, 1.165) is 10.5 Å². The topological polar surface area (TPSA) is 160 Å². The number of imide groups is 1. The van der Waals surface area contributed by atoms with Gasteiger partial charge < -0.3 is 26.0 Å². The molecule has 0 aromatic heterocycles. The minimum Gasteiger partial charge on any atom is -0.368 e. The van der Waals surface area contributed by atoms with Crippen molar-refractivity contribution in [1.82, 2.24) is 20.4 Å². The Bertz CT molecular complexity index is 1430. The Hall–Kier alpha value is -4.42. The number of piperidine rings is 1. The normalized spacial score (nSPS) is 19.3. The van der Waals surface area contributed by atoms with Crippen molar-refractivity contribution < 1.29 is 29.1 Å². The van der Waals surface area contributed by atoms with Crippen LogP contribution in [0.2, 0.25) is 5.02 Å². The van der Waals surface area contributed by atoms with E-state index in [1.165, 1.54) is 11.0 Å². The number of carbonyl (C=O) groups is 5. The molecule has 0 spiro atoms. The van der Waals surface area contributed by atoms with Gasteiger partial charge in [0.15, 0.2) is 6.23 Å². The zero-order chi connectivity index (χ0) is 29.8. The summed E-state index contributed by atoms with van der Waals surface area (Å²) < 4.78 is 0. The lowest BCUT2D eigenvalue weighted by Gasteiger charge is -2.32. The Morgan fingerprint density at radius 3 is 2.59 bits per heavy atom. The van der Waals surface area contributed by atoms with Gasteiger partial charge in [0.1, 0.15) is 6.04 Å². The van der Waals surface area contributed by atoms with Crippen LogP contribution in [-0.2, 0) is 19.2 Å². The predicted molar refractivity (Wildman–Crippen MR) is 152 cm³/mol. The first-order chi connectivity index (χ1) is 19.4. The van der Waals surface area contributed by atoms with E-state index in [9.17, 15) is 29.1 Å². The number of aliphatic hydroxyl groups is 1. The maximum atomic E-state index is 12.9. The second kappa shape index (κ2) is 12.4. The molecule has 1 fully saturated rings. The molecule has 1 saturated heterocycles. The van der Waals surface area contributed by atoms with E-state index >= 15 is 0 Å². The highest BCUT2D eigenvalue weighted by atomic mass is 35.5. The summed E-state index contributed by atoms with van der Waals surface area (Å²) in [6.07, 6.45) is -0.124. The number of nitrogens with zero attached hydrogens (tertiary/aromatic N) is 2. The van der Waals surface area contributed by atoms with Gasteiger partial charge in [-0.2, -0.15) is 0 Å². The molecule has 41 heavy (non-hydrogen) atoms. The number of nitrogens with one attached hydrogen (secondary N) is 4. The number of urea groups is 1. The van der Waals surface area contributed by atoms with Crippen LogP contribution < -0.4 is 21.3 Å². The van der Waals surface area contributed by atoms with Gasteiger partial charge >= 0.3 is 6.03 Å². The summed E-state index contributed by atoms with van der Waals surface area (Å²) in [5, 5.41) is 22.1. The van der Waals surface area contributed by atoms with Crippen LogP contribution in [0.4, 0.5) is 16.2 Å². The average molecular weight is 583 g/mol. The highest BCUT2D eigenvalue weighted by Gasteiger charge is 2.42. The van der Waals surface area contributed by atoms with Crippen LogP contribution in [0, 0.1) is 6.92 Å².